The van der Waals surface area contributed by atoms with Crippen molar-refractivity contribution < 1.29 is 9.84 Å². The maximum absolute atomic E-state index is 9.68. The van der Waals surface area contributed by atoms with Gasteiger partial charge in [-0.05, 0) is 6.42 Å². The Kier molecular flexibility index (Phi) is 3.14. The predicted octanol–water partition coefficient (Wildman–Crippen LogP) is 1.71. The van der Waals surface area contributed by atoms with Crippen LogP contribution in [0.3, 0.4) is 0 Å². The van der Waals surface area contributed by atoms with E-state index in [9.17, 15) is 5.11 Å². The van der Waals surface area contributed by atoms with Crippen molar-refractivity contribution in [2.24, 2.45) is 5.41 Å². The van der Waals surface area contributed by atoms with E-state index in [-0.39, 0.29) is 22.7 Å². The van der Waals surface area contributed by atoms with Crippen LogP contribution in [0.25, 0.3) is 0 Å². The number of aliphatic hydroxyl groups excluding tert-OH is 1. The first-order valence-corrected chi connectivity index (χ1v) is 5.83. The van der Waals surface area contributed by atoms with Gasteiger partial charge in [0.1, 0.15) is 6.33 Å². The number of halogens is 1. The molecule has 1 aliphatic carbocycles. The number of aromatic nitrogens is 2. The lowest BCUT2D eigenvalue weighted by Gasteiger charge is -2.49. The summed E-state index contributed by atoms with van der Waals surface area (Å²) in [5.41, 5.74) is -0.178. The summed E-state index contributed by atoms with van der Waals surface area (Å²) in [6, 6.07) is 0.150. The van der Waals surface area contributed by atoms with Crippen LogP contribution in [0, 0.1) is 5.41 Å². The smallest absolute Gasteiger partial charge is 0.198 e. The zero-order chi connectivity index (χ0) is 12.6. The van der Waals surface area contributed by atoms with Gasteiger partial charge in [0.2, 0.25) is 0 Å². The molecule has 0 radical (unpaired) electrons. The zero-order valence-corrected chi connectivity index (χ0v) is 10.8. The summed E-state index contributed by atoms with van der Waals surface area (Å²) in [7, 11) is 1.52. The molecule has 0 spiro atoms. The van der Waals surface area contributed by atoms with Crippen LogP contribution in [-0.4, -0.2) is 34.3 Å². The van der Waals surface area contributed by atoms with E-state index in [2.05, 4.69) is 15.3 Å². The molecule has 0 aliphatic heterocycles. The molecular formula is C11H16ClN3O2. The van der Waals surface area contributed by atoms with E-state index in [0.717, 1.165) is 0 Å². The fraction of sp³-hybridized carbons (Fsp3) is 0.636. The molecule has 1 heterocycles. The Morgan fingerprint density at radius 2 is 2.24 bits per heavy atom. The molecule has 2 rings (SSSR count). The number of methoxy groups -OCH3 is 1. The quantitative estimate of drug-likeness (QED) is 0.807. The van der Waals surface area contributed by atoms with Gasteiger partial charge in [0.15, 0.2) is 16.7 Å². The van der Waals surface area contributed by atoms with Gasteiger partial charge >= 0.3 is 0 Å². The van der Waals surface area contributed by atoms with E-state index in [1.165, 1.54) is 13.4 Å². The van der Waals surface area contributed by atoms with Gasteiger partial charge in [0.25, 0.3) is 0 Å². The Bertz CT molecular complexity index is 425. The third-order valence-electron chi connectivity index (χ3n) is 3.49. The lowest BCUT2D eigenvalue weighted by Crippen LogP contribution is -2.57. The summed E-state index contributed by atoms with van der Waals surface area (Å²) in [6.07, 6.45) is 1.79. The summed E-state index contributed by atoms with van der Waals surface area (Å²) >= 11 is 5.91. The first kappa shape index (κ1) is 12.4. The first-order chi connectivity index (χ1) is 7.96. The number of aliphatic hydroxyl groups is 1. The van der Waals surface area contributed by atoms with E-state index in [4.69, 9.17) is 16.3 Å². The molecule has 94 valence electrons. The van der Waals surface area contributed by atoms with Gasteiger partial charge in [-0.25, -0.2) is 9.97 Å². The number of hydrogen-bond acceptors (Lipinski definition) is 5. The molecule has 1 aromatic heterocycles. The number of nitrogens with zero attached hydrogens (tertiary/aromatic N) is 2. The van der Waals surface area contributed by atoms with Crippen molar-refractivity contribution in [2.75, 3.05) is 12.4 Å². The topological polar surface area (TPSA) is 67.3 Å². The monoisotopic (exact) mass is 257 g/mol. The fourth-order valence-electron chi connectivity index (χ4n) is 1.95. The Balaban J connectivity index is 2.18. The van der Waals surface area contributed by atoms with Gasteiger partial charge in [-0.15, -0.1) is 0 Å². The highest BCUT2D eigenvalue weighted by Crippen LogP contribution is 2.43. The van der Waals surface area contributed by atoms with Gasteiger partial charge in [0.05, 0.1) is 13.2 Å². The van der Waals surface area contributed by atoms with Crippen LogP contribution >= 0.6 is 11.6 Å². The Morgan fingerprint density at radius 1 is 1.53 bits per heavy atom. The van der Waals surface area contributed by atoms with Crippen molar-refractivity contribution >= 4 is 17.4 Å². The van der Waals surface area contributed by atoms with E-state index >= 15 is 0 Å². The van der Waals surface area contributed by atoms with E-state index in [1.807, 2.05) is 13.8 Å². The molecule has 0 bridgehead atoms. The number of ether oxygens (including phenoxy) is 1. The van der Waals surface area contributed by atoms with Crippen LogP contribution in [0.1, 0.15) is 20.3 Å². The molecule has 0 aromatic carbocycles. The Labute approximate surface area is 105 Å². The van der Waals surface area contributed by atoms with Gasteiger partial charge in [-0.2, -0.15) is 0 Å². The van der Waals surface area contributed by atoms with Crippen LogP contribution in [0.15, 0.2) is 6.33 Å². The average molecular weight is 258 g/mol. The molecule has 1 saturated carbocycles. The van der Waals surface area contributed by atoms with E-state index in [0.29, 0.717) is 18.0 Å². The molecule has 2 unspecified atom stereocenters. The second-order valence-corrected chi connectivity index (χ2v) is 5.17. The molecular weight excluding hydrogens is 242 g/mol. The lowest BCUT2D eigenvalue weighted by atomic mass is 9.64. The minimum Gasteiger partial charge on any atom is -0.490 e. The third-order valence-corrected chi connectivity index (χ3v) is 3.76. The predicted molar refractivity (Wildman–Crippen MR) is 65.4 cm³/mol. The fourth-order valence-corrected chi connectivity index (χ4v) is 2.16. The van der Waals surface area contributed by atoms with Crippen molar-refractivity contribution in [2.45, 2.75) is 32.4 Å². The van der Waals surface area contributed by atoms with Gasteiger partial charge in [-0.1, -0.05) is 25.4 Å². The van der Waals surface area contributed by atoms with Crippen LogP contribution in [0.5, 0.6) is 5.75 Å². The molecule has 6 heteroatoms. The van der Waals surface area contributed by atoms with Gasteiger partial charge < -0.3 is 15.2 Å². The number of rotatable bonds is 3. The first-order valence-electron chi connectivity index (χ1n) is 5.46. The molecule has 5 nitrogen and oxygen atoms in total. The van der Waals surface area contributed by atoms with E-state index in [1.54, 1.807) is 0 Å². The molecule has 0 amide bonds. The summed E-state index contributed by atoms with van der Waals surface area (Å²) in [4.78, 5) is 7.96. The molecule has 2 atom stereocenters. The number of hydrogen-bond donors (Lipinski definition) is 2. The average Bonchev–Trinajstić information content (AvgIpc) is 2.29. The summed E-state index contributed by atoms with van der Waals surface area (Å²) in [6.45, 7) is 4.02. The van der Waals surface area contributed by atoms with Crippen molar-refractivity contribution in [3.8, 4) is 5.75 Å². The standard InChI is InChI=1S/C11H16ClN3O2/c1-11(2)6(4-7(11)16)15-10-8(17-3)9(12)13-5-14-10/h5-7,16H,4H2,1-3H3,(H,13,14,15). The van der Waals surface area contributed by atoms with Crippen molar-refractivity contribution in [3.05, 3.63) is 11.5 Å². The third kappa shape index (κ3) is 2.05. The number of nitrogens with one attached hydrogen (secondary N) is 1. The number of anilines is 1. The van der Waals surface area contributed by atoms with Crippen molar-refractivity contribution in [3.63, 3.8) is 0 Å². The molecule has 1 aromatic rings. The SMILES string of the molecule is COc1c(Cl)ncnc1NC1CC(O)C1(C)C. The second kappa shape index (κ2) is 4.31. The minimum absolute atomic E-state index is 0.150. The Morgan fingerprint density at radius 3 is 2.76 bits per heavy atom. The van der Waals surface area contributed by atoms with Crippen LogP contribution in [0.2, 0.25) is 5.15 Å². The summed E-state index contributed by atoms with van der Waals surface area (Å²) in [5.74, 6) is 1.00. The maximum Gasteiger partial charge on any atom is 0.198 e. The second-order valence-electron chi connectivity index (χ2n) is 4.82. The normalized spacial score (nSPS) is 26.2. The minimum atomic E-state index is -0.289. The zero-order valence-electron chi connectivity index (χ0n) is 10.1. The van der Waals surface area contributed by atoms with E-state index < -0.39 is 0 Å². The highest BCUT2D eigenvalue weighted by molar-refractivity contribution is 6.31. The van der Waals surface area contributed by atoms with Gasteiger partial charge in [0, 0.05) is 11.5 Å². The van der Waals surface area contributed by atoms with Gasteiger partial charge in [-0.3, -0.25) is 0 Å². The lowest BCUT2D eigenvalue weighted by molar-refractivity contribution is -0.0512. The maximum atomic E-state index is 9.68. The molecule has 1 aliphatic rings. The molecule has 0 saturated heterocycles. The highest BCUT2D eigenvalue weighted by atomic mass is 35.5. The van der Waals surface area contributed by atoms with Crippen LogP contribution < -0.4 is 10.1 Å². The molecule has 17 heavy (non-hydrogen) atoms. The summed E-state index contributed by atoms with van der Waals surface area (Å²) < 4.78 is 5.16. The molecule has 1 fully saturated rings. The summed E-state index contributed by atoms with van der Waals surface area (Å²) in [5, 5.41) is 13.2. The van der Waals surface area contributed by atoms with Crippen molar-refractivity contribution in [1.29, 1.82) is 0 Å². The van der Waals surface area contributed by atoms with Crippen LogP contribution in [-0.2, 0) is 0 Å². The Hall–Kier alpha value is -1.07. The highest BCUT2D eigenvalue weighted by Gasteiger charge is 2.47. The van der Waals surface area contributed by atoms with Crippen molar-refractivity contribution in [1.82, 2.24) is 9.97 Å². The molecule has 2 N–H and O–H groups in total. The van der Waals surface area contributed by atoms with Crippen LogP contribution in [0.4, 0.5) is 5.82 Å². The largest absolute Gasteiger partial charge is 0.490 e.